The van der Waals surface area contributed by atoms with Crippen molar-refractivity contribution in [2.75, 3.05) is 0 Å². The normalized spacial score (nSPS) is 11.3. The van der Waals surface area contributed by atoms with Crippen molar-refractivity contribution in [3.05, 3.63) is 506 Å². The van der Waals surface area contributed by atoms with E-state index in [1.165, 1.54) is 32.3 Å². The van der Waals surface area contributed by atoms with Crippen molar-refractivity contribution in [1.29, 1.82) is 0 Å². The van der Waals surface area contributed by atoms with E-state index < -0.39 is 0 Å². The van der Waals surface area contributed by atoms with Gasteiger partial charge in [0.15, 0.2) is 0 Å². The highest BCUT2D eigenvalue weighted by Gasteiger charge is 2.24. The largest absolute Gasteiger partial charge is 0.265 e. The molecule has 27 aromatic rings. The zero-order valence-corrected chi connectivity index (χ0v) is 78.9. The Kier molecular flexibility index (Phi) is 23.5. The molecule has 690 valence electrons. The molecule has 0 unspecified atom stereocenters. The lowest BCUT2D eigenvalue weighted by molar-refractivity contribution is 0.766. The van der Waals surface area contributed by atoms with E-state index in [9.17, 15) is 0 Å². The molecule has 0 amide bonds. The summed E-state index contributed by atoms with van der Waals surface area (Å²) in [5.41, 5.74) is 37.4. The van der Waals surface area contributed by atoms with Crippen molar-refractivity contribution < 1.29 is 0 Å². The second kappa shape index (κ2) is 39.3. The Hall–Kier alpha value is -20.4. The number of pyridine rings is 10. The summed E-state index contributed by atoms with van der Waals surface area (Å²) in [6.45, 7) is 0. The number of para-hydroxylation sites is 2. The van der Waals surface area contributed by atoms with Gasteiger partial charge in [0.05, 0.1) is 39.8 Å². The molecule has 0 spiro atoms. The maximum atomic E-state index is 5.21. The molecule has 13 heterocycles. The Morgan fingerprint density at radius 2 is 0.503 bits per heavy atom. The highest BCUT2D eigenvalue weighted by molar-refractivity contribution is 6.03. The molecule has 0 radical (unpaired) electrons. The molecule has 0 saturated carbocycles. The number of fused-ring (bicyclic) bond motifs is 6. The average Bonchev–Trinajstić information content (AvgIpc) is 1.38. The van der Waals surface area contributed by atoms with E-state index in [-0.39, 0.29) is 0 Å². The fourth-order valence-corrected chi connectivity index (χ4v) is 19.3. The smallest absolute Gasteiger partial charge is 0.123 e. The average molecular weight is 1890 g/mol. The van der Waals surface area contributed by atoms with E-state index in [4.69, 9.17) is 40.6 Å². The van der Waals surface area contributed by atoms with E-state index in [1.807, 2.05) is 165 Å². The van der Waals surface area contributed by atoms with Crippen molar-refractivity contribution in [2.24, 2.45) is 0 Å². The molecule has 0 aliphatic carbocycles. The van der Waals surface area contributed by atoms with E-state index in [0.717, 1.165) is 218 Å². The fraction of sp³-hybridized carbons (Fsp3) is 0. The van der Waals surface area contributed by atoms with Crippen LogP contribution in [0.15, 0.2) is 506 Å². The molecule has 19 nitrogen and oxygen atoms in total. The van der Waals surface area contributed by atoms with Gasteiger partial charge in [0, 0.05) is 177 Å². The summed E-state index contributed by atoms with van der Waals surface area (Å²) >= 11 is 0. The second-order valence-electron chi connectivity index (χ2n) is 35.7. The van der Waals surface area contributed by atoms with Crippen LogP contribution in [0.3, 0.4) is 0 Å². The lowest BCUT2D eigenvalue weighted by Gasteiger charge is -2.11. The van der Waals surface area contributed by atoms with Gasteiger partial charge in [-0.1, -0.05) is 231 Å². The molecule has 147 heavy (non-hydrogen) atoms. The van der Waals surface area contributed by atoms with Crippen molar-refractivity contribution in [2.45, 2.75) is 0 Å². The summed E-state index contributed by atoms with van der Waals surface area (Å²) in [4.78, 5) is 50.3. The maximum absolute atomic E-state index is 5.21. The first kappa shape index (κ1) is 88.0. The van der Waals surface area contributed by atoms with Crippen LogP contribution < -0.4 is 0 Å². The van der Waals surface area contributed by atoms with Gasteiger partial charge < -0.3 is 0 Å². The van der Waals surface area contributed by atoms with Gasteiger partial charge in [-0.15, -0.1) is 40.2 Å². The first-order valence-corrected chi connectivity index (χ1v) is 48.3. The summed E-state index contributed by atoms with van der Waals surface area (Å²) < 4.78 is 0. The zero-order chi connectivity index (χ0) is 97.7. The van der Waals surface area contributed by atoms with E-state index >= 15 is 0 Å². The van der Waals surface area contributed by atoms with E-state index in [0.29, 0.717) is 0 Å². The molecule has 27 rings (SSSR count). The SMILES string of the molecule is c1cc(-c2ccc3ccccc3c2)cc(-n2nc3cc(-c4cncc(-c5ccncc5)c4)cc(-c4cncc(-c5ccncc5)c4)c3n2)c1.c1cncc(-c2cccc(-c3cc(-c4cccc(-c5cccnc5)c4)c4nn(-c5ccccc5-c5cccc6ccccc56)nc4c3)c2)c1.c1cncc(-c2cccc(-c3cc(-c4cccc(-c5cccnc5)n4)c4nn(-c5ccccc5-c5cccc6ccccc56)nc4c3)n2)c1. The Morgan fingerprint density at radius 1 is 0.150 bits per heavy atom. The third kappa shape index (κ3) is 18.1. The fourth-order valence-electron chi connectivity index (χ4n) is 19.3. The minimum absolute atomic E-state index is 0.738. The summed E-state index contributed by atoms with van der Waals surface area (Å²) in [6, 6.07) is 140. The van der Waals surface area contributed by atoms with Crippen LogP contribution in [0, 0.1) is 0 Å². The minimum atomic E-state index is 0.738. The van der Waals surface area contributed by atoms with Crippen molar-refractivity contribution in [3.63, 3.8) is 0 Å². The first-order valence-electron chi connectivity index (χ1n) is 48.3. The molecule has 0 atom stereocenters. The number of nitrogens with zero attached hydrogens (tertiary/aromatic N) is 19. The van der Waals surface area contributed by atoms with Gasteiger partial charge >= 0.3 is 0 Å². The number of benzene rings is 14. The van der Waals surface area contributed by atoms with Crippen LogP contribution in [0.5, 0.6) is 0 Å². The number of aromatic nitrogens is 19. The summed E-state index contributed by atoms with van der Waals surface area (Å²) in [7, 11) is 0. The molecule has 19 heteroatoms. The van der Waals surface area contributed by atoms with Crippen LogP contribution in [0.4, 0.5) is 0 Å². The lowest BCUT2D eigenvalue weighted by Crippen LogP contribution is -2.01. The topological polar surface area (TPSA) is 221 Å². The monoisotopic (exact) mass is 1890 g/mol. The van der Waals surface area contributed by atoms with Gasteiger partial charge in [-0.25, -0.2) is 9.97 Å². The highest BCUT2D eigenvalue weighted by Crippen LogP contribution is 2.44. The van der Waals surface area contributed by atoms with Gasteiger partial charge in [-0.2, -0.15) is 4.80 Å². The molecule has 0 fully saturated rings. The Morgan fingerprint density at radius 3 is 1.06 bits per heavy atom. The van der Waals surface area contributed by atoms with Crippen LogP contribution in [-0.4, -0.2) is 94.8 Å². The second-order valence-corrected chi connectivity index (χ2v) is 35.7. The third-order valence-corrected chi connectivity index (χ3v) is 26.5. The molecule has 0 bridgehead atoms. The van der Waals surface area contributed by atoms with Crippen molar-refractivity contribution in [1.82, 2.24) is 94.8 Å². The van der Waals surface area contributed by atoms with Gasteiger partial charge in [-0.3, -0.25) is 39.9 Å². The van der Waals surface area contributed by atoms with Crippen LogP contribution in [0.1, 0.15) is 0 Å². The summed E-state index contributed by atoms with van der Waals surface area (Å²) in [5, 5.41) is 38.0. The standard InChI is InChI=1S/C44H29N5.2C42H27N7/c1-2-18-38-30(10-1)11-7-20-39(38)40-19-3-4-21-43(40)49-47-42-27-37(33-14-5-12-31(24-33)35-16-8-22-45-28-35)26-41(44(42)48-49)34-15-6-13-32(25-34)36-17-9-23-46-29-36;1-2-14-32-28(10-1)11-5-16-33(32)34-15-3-4-21-41(34)49-47-40-25-31(38-19-6-17-36(45-38)29-12-8-22-43-26-29)24-35(42(40)48-49)39-20-7-18-37(46-39)30-13-9-23-44-27-30;1-2-5-31-18-33(9-8-28(31)4-1)32-6-3-7-39(21-32)49-47-41-23-34(37-19-35(24-45-26-37)29-10-14-43-15-11-29)22-40(42(41)48-49)38-20-36(25-46-27-38)30-12-16-44-17-13-30/h1-29H;2*1-27H. The molecule has 13 aromatic heterocycles. The maximum Gasteiger partial charge on any atom is 0.123 e. The van der Waals surface area contributed by atoms with Gasteiger partial charge in [0.25, 0.3) is 0 Å². The Balaban J connectivity index is 0.000000115. The van der Waals surface area contributed by atoms with E-state index in [1.54, 1.807) is 64.0 Å². The van der Waals surface area contributed by atoms with Crippen LogP contribution >= 0.6 is 0 Å². The molecular formula is C128H83N19. The zero-order valence-electron chi connectivity index (χ0n) is 78.9. The first-order chi connectivity index (χ1) is 72.8. The lowest BCUT2D eigenvalue weighted by atomic mass is 9.94. The van der Waals surface area contributed by atoms with Gasteiger partial charge in [0.2, 0.25) is 0 Å². The predicted octanol–water partition coefficient (Wildman–Crippen LogP) is 29.7. The van der Waals surface area contributed by atoms with Crippen LogP contribution in [0.25, 0.3) is 250 Å². The molecule has 14 aromatic carbocycles. The Labute approximate surface area is 844 Å². The minimum Gasteiger partial charge on any atom is -0.265 e. The van der Waals surface area contributed by atoms with Gasteiger partial charge in [0.1, 0.15) is 33.1 Å². The number of hydrogen-bond acceptors (Lipinski definition) is 16. The molecule has 0 aliphatic rings. The number of hydrogen-bond donors (Lipinski definition) is 0. The quantitative estimate of drug-likeness (QED) is 0.0779. The van der Waals surface area contributed by atoms with Crippen LogP contribution in [-0.2, 0) is 0 Å². The van der Waals surface area contributed by atoms with Crippen molar-refractivity contribution >= 4 is 65.4 Å². The molecular weight excluding hydrogens is 1800 g/mol. The van der Waals surface area contributed by atoms with Crippen molar-refractivity contribution in [3.8, 4) is 184 Å². The highest BCUT2D eigenvalue weighted by atomic mass is 15.5. The summed E-state index contributed by atoms with van der Waals surface area (Å²) in [6.07, 6.45) is 29.3. The number of rotatable bonds is 18. The molecule has 0 N–H and O–H groups in total. The molecule has 0 saturated heterocycles. The molecule has 0 aliphatic heterocycles. The van der Waals surface area contributed by atoms with E-state index in [2.05, 4.69) is 331 Å². The Bertz CT molecular complexity index is 9200. The summed E-state index contributed by atoms with van der Waals surface area (Å²) in [5.74, 6) is 0. The van der Waals surface area contributed by atoms with Crippen LogP contribution in [0.2, 0.25) is 0 Å². The predicted molar refractivity (Wildman–Crippen MR) is 589 cm³/mol. The van der Waals surface area contributed by atoms with Gasteiger partial charge in [-0.05, 0) is 275 Å². The third-order valence-electron chi connectivity index (χ3n) is 26.5.